The van der Waals surface area contributed by atoms with Crippen molar-refractivity contribution >= 4 is 11.3 Å². The van der Waals surface area contributed by atoms with Crippen molar-refractivity contribution in [3.05, 3.63) is 103 Å². The summed E-state index contributed by atoms with van der Waals surface area (Å²) in [7, 11) is 0. The fourth-order valence-electron chi connectivity index (χ4n) is 2.17. The van der Waals surface area contributed by atoms with Crippen molar-refractivity contribution in [1.82, 2.24) is 9.97 Å². The summed E-state index contributed by atoms with van der Waals surface area (Å²) in [5.74, 6) is 0. The molecule has 2 nitrogen and oxygen atoms in total. The van der Waals surface area contributed by atoms with Crippen LogP contribution in [0.2, 0.25) is 0 Å². The molecule has 3 aromatic heterocycles. The molecule has 25 heavy (non-hydrogen) atoms. The third-order valence-corrected chi connectivity index (χ3v) is 4.16. The minimum Gasteiger partial charge on any atom is -0.319 e. The Morgan fingerprint density at radius 3 is 2.00 bits per heavy atom. The van der Waals surface area contributed by atoms with Crippen molar-refractivity contribution in [2.45, 2.75) is 0 Å². The van der Waals surface area contributed by atoms with E-state index >= 15 is 0 Å². The number of benzene rings is 1. The second kappa shape index (κ2) is 9.90. The predicted octanol–water partition coefficient (Wildman–Crippen LogP) is 5.54. The summed E-state index contributed by atoms with van der Waals surface area (Å²) < 4.78 is 0. The summed E-state index contributed by atoms with van der Waals surface area (Å²) in [6, 6.07) is 24.8. The average molecular weight is 521 g/mol. The number of pyridine rings is 2. The Kier molecular flexibility index (Phi) is 7.55. The summed E-state index contributed by atoms with van der Waals surface area (Å²) >= 11 is 1.66. The molecule has 1 radical (unpaired) electrons. The molecule has 0 amide bonds. The van der Waals surface area contributed by atoms with E-state index in [1.54, 1.807) is 23.7 Å². The summed E-state index contributed by atoms with van der Waals surface area (Å²) in [6.07, 6.45) is 3.59. The molecule has 0 fully saturated rings. The van der Waals surface area contributed by atoms with Crippen LogP contribution in [0.1, 0.15) is 5.56 Å². The number of hydrogen-bond acceptors (Lipinski definition) is 3. The minimum absolute atomic E-state index is 0. The maximum absolute atomic E-state index is 4.27. The van der Waals surface area contributed by atoms with Crippen LogP contribution in [0.4, 0.5) is 0 Å². The van der Waals surface area contributed by atoms with E-state index in [1.165, 1.54) is 0 Å². The molecule has 127 valence electrons. The number of hydrogen-bond donors (Lipinski definition) is 0. The summed E-state index contributed by atoms with van der Waals surface area (Å²) in [6.45, 7) is 3.96. The maximum Gasteiger partial charge on any atom is 0.0262 e. The van der Waals surface area contributed by atoms with Crippen LogP contribution in [-0.2, 0) is 20.1 Å². The Labute approximate surface area is 166 Å². The van der Waals surface area contributed by atoms with E-state index in [0.717, 1.165) is 27.4 Å². The van der Waals surface area contributed by atoms with E-state index in [2.05, 4.69) is 23.0 Å². The molecule has 4 aromatic rings. The Morgan fingerprint density at radius 1 is 0.800 bits per heavy atom. The van der Waals surface area contributed by atoms with E-state index in [-0.39, 0.29) is 20.1 Å². The SMILES string of the molecule is [CH2-]c1ccccc1-c1ccccn1.[Ir].[c-]1ccsc1-c1ccccn1. The molecule has 4 heteroatoms. The first-order valence-corrected chi connectivity index (χ1v) is 8.41. The van der Waals surface area contributed by atoms with Gasteiger partial charge < -0.3 is 4.98 Å². The smallest absolute Gasteiger partial charge is 0.0262 e. The van der Waals surface area contributed by atoms with Gasteiger partial charge in [-0.3, -0.25) is 4.98 Å². The van der Waals surface area contributed by atoms with E-state index in [9.17, 15) is 0 Å². The summed E-state index contributed by atoms with van der Waals surface area (Å²) in [4.78, 5) is 9.57. The van der Waals surface area contributed by atoms with Crippen LogP contribution >= 0.6 is 11.3 Å². The average Bonchev–Trinajstić information content (AvgIpc) is 3.19. The minimum atomic E-state index is 0. The second-order valence-electron chi connectivity index (χ2n) is 4.98. The third kappa shape index (κ3) is 5.36. The molecule has 4 rings (SSSR count). The zero-order valence-corrected chi connectivity index (χ0v) is 16.6. The fraction of sp³-hybridized carbons (Fsp3) is 0. The molecule has 0 unspecified atom stereocenters. The topological polar surface area (TPSA) is 25.8 Å². The normalized spacial score (nSPS) is 9.44. The maximum atomic E-state index is 4.27. The van der Waals surface area contributed by atoms with Crippen molar-refractivity contribution < 1.29 is 20.1 Å². The third-order valence-electron chi connectivity index (χ3n) is 3.32. The molecule has 3 heterocycles. The van der Waals surface area contributed by atoms with Gasteiger partial charge in [0.25, 0.3) is 0 Å². The zero-order chi connectivity index (χ0) is 16.6. The van der Waals surface area contributed by atoms with Crippen LogP contribution in [0.15, 0.2) is 84.5 Å². The number of nitrogens with zero attached hydrogens (tertiary/aromatic N) is 2. The molecule has 0 atom stereocenters. The molecule has 0 spiro atoms. The van der Waals surface area contributed by atoms with Crippen LogP contribution < -0.4 is 0 Å². The molecule has 0 bridgehead atoms. The molecule has 0 aliphatic carbocycles. The number of rotatable bonds is 2. The van der Waals surface area contributed by atoms with Crippen molar-refractivity contribution in [3.8, 4) is 21.8 Å². The molecule has 0 saturated carbocycles. The summed E-state index contributed by atoms with van der Waals surface area (Å²) in [5.41, 5.74) is 4.10. The predicted molar refractivity (Wildman–Crippen MR) is 101 cm³/mol. The van der Waals surface area contributed by atoms with Gasteiger partial charge in [-0.05, 0) is 23.9 Å². The first-order valence-electron chi connectivity index (χ1n) is 7.53. The monoisotopic (exact) mass is 521 g/mol. The number of thiophene rings is 1. The van der Waals surface area contributed by atoms with Gasteiger partial charge in [0.1, 0.15) is 0 Å². The first kappa shape index (κ1) is 19.1. The zero-order valence-electron chi connectivity index (χ0n) is 13.4. The Morgan fingerprint density at radius 2 is 1.44 bits per heavy atom. The molecular formula is C21H16IrN2S-2. The van der Waals surface area contributed by atoms with Gasteiger partial charge in [0.15, 0.2) is 0 Å². The Balaban J connectivity index is 0.000000175. The van der Waals surface area contributed by atoms with Gasteiger partial charge in [-0.2, -0.15) is 30.7 Å². The molecule has 0 aliphatic heterocycles. The molecule has 0 N–H and O–H groups in total. The Hall–Kier alpha value is -2.26. The van der Waals surface area contributed by atoms with E-state index in [0.29, 0.717) is 0 Å². The van der Waals surface area contributed by atoms with E-state index in [4.69, 9.17) is 0 Å². The Bertz CT molecular complexity index is 863. The van der Waals surface area contributed by atoms with Gasteiger partial charge in [0, 0.05) is 38.2 Å². The molecule has 0 aliphatic rings. The van der Waals surface area contributed by atoms with Crippen molar-refractivity contribution in [2.75, 3.05) is 0 Å². The van der Waals surface area contributed by atoms with Crippen LogP contribution in [0.25, 0.3) is 21.8 Å². The van der Waals surface area contributed by atoms with Gasteiger partial charge in [-0.25, -0.2) is 11.3 Å². The first-order chi connectivity index (χ1) is 11.8. The molecule has 1 aromatic carbocycles. The van der Waals surface area contributed by atoms with Crippen LogP contribution in [-0.4, -0.2) is 9.97 Å². The largest absolute Gasteiger partial charge is 0.319 e. The number of aromatic nitrogens is 2. The van der Waals surface area contributed by atoms with E-state index in [1.807, 2.05) is 72.1 Å². The van der Waals surface area contributed by atoms with Crippen molar-refractivity contribution in [1.29, 1.82) is 0 Å². The van der Waals surface area contributed by atoms with Crippen molar-refractivity contribution in [2.24, 2.45) is 0 Å². The molecule has 0 saturated heterocycles. The van der Waals surface area contributed by atoms with E-state index < -0.39 is 0 Å². The van der Waals surface area contributed by atoms with Crippen molar-refractivity contribution in [3.63, 3.8) is 0 Å². The van der Waals surface area contributed by atoms with Gasteiger partial charge in [-0.15, -0.1) is 23.1 Å². The standard InChI is InChI=1S/C12H10N.C9H6NS.Ir/c1-10-6-2-3-7-11(10)12-8-4-5-9-13-12;1-2-6-10-8(4-1)9-5-3-7-11-9;/h2-9H,1H2;1-4,6-7H;/q2*-1;. The molecular weight excluding hydrogens is 505 g/mol. The quantitative estimate of drug-likeness (QED) is 0.325. The fourth-order valence-corrected chi connectivity index (χ4v) is 2.82. The van der Waals surface area contributed by atoms with Gasteiger partial charge in [-0.1, -0.05) is 29.1 Å². The van der Waals surface area contributed by atoms with Gasteiger partial charge in [0.05, 0.1) is 0 Å². The van der Waals surface area contributed by atoms with Crippen LogP contribution in [0, 0.1) is 13.0 Å². The summed E-state index contributed by atoms with van der Waals surface area (Å²) in [5, 5.41) is 2.00. The van der Waals surface area contributed by atoms with Gasteiger partial charge in [0.2, 0.25) is 0 Å². The van der Waals surface area contributed by atoms with Crippen LogP contribution in [0.5, 0.6) is 0 Å². The van der Waals surface area contributed by atoms with Gasteiger partial charge >= 0.3 is 0 Å². The second-order valence-corrected chi connectivity index (χ2v) is 5.90. The van der Waals surface area contributed by atoms with Crippen LogP contribution in [0.3, 0.4) is 0 Å².